The molecule has 0 fully saturated rings. The lowest BCUT2D eigenvalue weighted by molar-refractivity contribution is 0.383. The Bertz CT molecular complexity index is 101. The van der Waals surface area contributed by atoms with Gasteiger partial charge in [-0.25, -0.2) is 0 Å². The van der Waals surface area contributed by atoms with Gasteiger partial charge in [-0.15, -0.1) is 0 Å². The van der Waals surface area contributed by atoms with Gasteiger partial charge in [0, 0.05) is 5.54 Å². The fourth-order valence-corrected chi connectivity index (χ4v) is 1.31. The van der Waals surface area contributed by atoms with Crippen LogP contribution in [-0.4, -0.2) is 32.0 Å². The summed E-state index contributed by atoms with van der Waals surface area (Å²) in [5.41, 5.74) is 0.0617. The molecule has 0 aliphatic carbocycles. The number of hydrogen-bond acceptors (Lipinski definition) is 3. The maximum Gasteiger partial charge on any atom is 0.320 e. The van der Waals surface area contributed by atoms with E-state index in [9.17, 15) is 0 Å². The van der Waals surface area contributed by atoms with Gasteiger partial charge < -0.3 is 14.9 Å². The summed E-state index contributed by atoms with van der Waals surface area (Å²) in [6, 6.07) is 0. The fourth-order valence-electron chi connectivity index (χ4n) is 0.935. The van der Waals surface area contributed by atoms with Gasteiger partial charge in [0.25, 0.3) is 0 Å². The van der Waals surface area contributed by atoms with Crippen LogP contribution in [0.1, 0.15) is 33.1 Å². The minimum atomic E-state index is -2.39. The van der Waals surface area contributed by atoms with Crippen LogP contribution >= 0.6 is 0 Å². The molecule has 0 aromatic carbocycles. The predicted molar refractivity (Wildman–Crippen MR) is 53.4 cm³/mol. The lowest BCUT2D eigenvalue weighted by Gasteiger charge is -2.11. The van der Waals surface area contributed by atoms with Crippen LogP contribution in [-0.2, 0) is 0 Å². The van der Waals surface area contributed by atoms with Crippen LogP contribution in [0.4, 0.5) is 0 Å². The molecule has 0 aliphatic rings. The number of unbranched alkanes of at least 4 members (excludes halogenated alkanes) is 2. The van der Waals surface area contributed by atoms with Crippen molar-refractivity contribution in [3.05, 3.63) is 0 Å². The molecule has 12 heavy (non-hydrogen) atoms. The molecule has 3 nitrogen and oxygen atoms in total. The van der Waals surface area contributed by atoms with Crippen LogP contribution in [0, 0.1) is 0 Å². The monoisotopic (exact) mass is 191 g/mol. The van der Waals surface area contributed by atoms with Crippen molar-refractivity contribution in [2.24, 2.45) is 0 Å². The second-order valence-electron chi connectivity index (χ2n) is 3.30. The van der Waals surface area contributed by atoms with Gasteiger partial charge in [0.2, 0.25) is 0 Å². The summed E-state index contributed by atoms with van der Waals surface area (Å²) in [5.74, 6) is 0. The predicted octanol–water partition coefficient (Wildman–Crippen LogP) is 0.361. The van der Waals surface area contributed by atoms with Crippen molar-refractivity contribution in [3.63, 3.8) is 0 Å². The molecule has 0 rings (SSSR count). The van der Waals surface area contributed by atoms with Crippen LogP contribution in [0.3, 0.4) is 0 Å². The molecule has 0 saturated carbocycles. The van der Waals surface area contributed by atoms with Crippen LogP contribution in [0.5, 0.6) is 0 Å². The summed E-state index contributed by atoms with van der Waals surface area (Å²) in [5, 5.41) is 3.22. The van der Waals surface area contributed by atoms with Gasteiger partial charge >= 0.3 is 9.28 Å². The molecular weight excluding hydrogens is 170 g/mol. The molecule has 0 radical (unpaired) electrons. The molecule has 0 spiro atoms. The van der Waals surface area contributed by atoms with E-state index >= 15 is 0 Å². The molecule has 0 saturated heterocycles. The molecular formula is C8H21NO2Si. The van der Waals surface area contributed by atoms with Crippen molar-refractivity contribution in [1.29, 1.82) is 0 Å². The molecule has 3 N–H and O–H groups in total. The fraction of sp³-hybridized carbons (Fsp3) is 1.00. The second kappa shape index (κ2) is 7.73. The zero-order valence-electron chi connectivity index (χ0n) is 8.08. The van der Waals surface area contributed by atoms with E-state index in [2.05, 4.69) is 12.2 Å². The Hall–Kier alpha value is 0.0969. The average molecular weight is 191 g/mol. The maximum atomic E-state index is 8.88. The number of nitrogens with one attached hydrogen (secondary N) is 1. The summed E-state index contributed by atoms with van der Waals surface area (Å²) in [6.45, 7) is 5.80. The van der Waals surface area contributed by atoms with Crippen LogP contribution in [0.2, 0.25) is 5.54 Å². The zero-order valence-corrected chi connectivity index (χ0v) is 9.24. The number of rotatable bonds is 7. The molecule has 1 unspecified atom stereocenters. The van der Waals surface area contributed by atoms with Gasteiger partial charge in [-0.05, 0) is 19.5 Å². The highest BCUT2D eigenvalue weighted by molar-refractivity contribution is 6.43. The highest BCUT2D eigenvalue weighted by Gasteiger charge is 2.12. The largest absolute Gasteiger partial charge is 0.413 e. The molecule has 0 aliphatic heterocycles. The SMILES string of the molecule is CCCCCNCC(C)[SiH](O)O. The topological polar surface area (TPSA) is 52.5 Å². The molecule has 1 atom stereocenters. The average Bonchev–Trinajstić information content (AvgIpc) is 2.03. The highest BCUT2D eigenvalue weighted by Crippen LogP contribution is 2.01. The van der Waals surface area contributed by atoms with Gasteiger partial charge in [-0.3, -0.25) is 0 Å². The van der Waals surface area contributed by atoms with Gasteiger partial charge in [0.05, 0.1) is 0 Å². The normalized spacial score (nSPS) is 13.8. The third-order valence-corrected chi connectivity index (χ3v) is 3.19. The van der Waals surface area contributed by atoms with Crippen LogP contribution in [0.15, 0.2) is 0 Å². The smallest absolute Gasteiger partial charge is 0.320 e. The summed E-state index contributed by atoms with van der Waals surface area (Å²) < 4.78 is 0. The first kappa shape index (κ1) is 12.1. The van der Waals surface area contributed by atoms with E-state index in [1.807, 2.05) is 6.92 Å². The zero-order chi connectivity index (χ0) is 9.40. The Morgan fingerprint density at radius 3 is 2.50 bits per heavy atom. The van der Waals surface area contributed by atoms with Crippen molar-refractivity contribution in [3.8, 4) is 0 Å². The Balaban J connectivity index is 3.08. The minimum Gasteiger partial charge on any atom is -0.413 e. The minimum absolute atomic E-state index is 0.0617. The second-order valence-corrected chi connectivity index (χ2v) is 5.27. The molecule has 0 aromatic rings. The third kappa shape index (κ3) is 6.79. The van der Waals surface area contributed by atoms with E-state index < -0.39 is 9.28 Å². The van der Waals surface area contributed by atoms with Crippen molar-refractivity contribution in [2.45, 2.75) is 38.7 Å². The van der Waals surface area contributed by atoms with E-state index in [0.717, 1.165) is 13.1 Å². The van der Waals surface area contributed by atoms with Crippen molar-refractivity contribution in [1.82, 2.24) is 5.32 Å². The molecule has 0 bridgehead atoms. The van der Waals surface area contributed by atoms with Gasteiger partial charge in [0.1, 0.15) is 0 Å². The van der Waals surface area contributed by atoms with Gasteiger partial charge in [-0.1, -0.05) is 26.7 Å². The van der Waals surface area contributed by atoms with E-state index in [1.54, 1.807) is 0 Å². The highest BCUT2D eigenvalue weighted by atomic mass is 28.3. The maximum absolute atomic E-state index is 8.88. The quantitative estimate of drug-likeness (QED) is 0.402. The summed E-state index contributed by atoms with van der Waals surface area (Å²) in [6.07, 6.45) is 3.67. The van der Waals surface area contributed by atoms with Crippen molar-refractivity contribution in [2.75, 3.05) is 13.1 Å². The molecule has 74 valence electrons. The first-order valence-corrected chi connectivity index (χ1v) is 6.45. The summed E-state index contributed by atoms with van der Waals surface area (Å²) >= 11 is 0. The third-order valence-electron chi connectivity index (χ3n) is 1.93. The molecule has 4 heteroatoms. The van der Waals surface area contributed by atoms with Gasteiger partial charge in [-0.2, -0.15) is 0 Å². The molecule has 0 aromatic heterocycles. The Labute approximate surface area is 76.7 Å². The van der Waals surface area contributed by atoms with E-state index in [0.29, 0.717) is 0 Å². The first-order chi connectivity index (χ1) is 5.68. The van der Waals surface area contributed by atoms with Gasteiger partial charge in [0.15, 0.2) is 0 Å². The number of hydrogen-bond donors (Lipinski definition) is 3. The van der Waals surface area contributed by atoms with E-state index in [1.165, 1.54) is 19.3 Å². The van der Waals surface area contributed by atoms with E-state index in [-0.39, 0.29) is 5.54 Å². The standard InChI is InChI=1S/C8H21NO2Si/c1-3-4-5-6-9-7-8(2)12(10)11/h8-12H,3-7H2,1-2H3. The lowest BCUT2D eigenvalue weighted by atomic mass is 10.2. The first-order valence-electron chi connectivity index (χ1n) is 4.75. The Morgan fingerprint density at radius 2 is 2.00 bits per heavy atom. The van der Waals surface area contributed by atoms with Crippen LogP contribution < -0.4 is 5.32 Å². The van der Waals surface area contributed by atoms with Crippen molar-refractivity contribution >= 4 is 9.28 Å². The summed E-state index contributed by atoms with van der Waals surface area (Å²) in [7, 11) is -2.39. The molecule has 0 amide bonds. The van der Waals surface area contributed by atoms with Crippen molar-refractivity contribution < 1.29 is 9.59 Å². The molecule has 0 heterocycles. The Kier molecular flexibility index (Phi) is 7.79. The van der Waals surface area contributed by atoms with E-state index in [4.69, 9.17) is 9.59 Å². The Morgan fingerprint density at radius 1 is 1.33 bits per heavy atom. The lowest BCUT2D eigenvalue weighted by Crippen LogP contribution is -2.29. The summed E-state index contributed by atoms with van der Waals surface area (Å²) in [4.78, 5) is 17.8. The van der Waals surface area contributed by atoms with Crippen LogP contribution in [0.25, 0.3) is 0 Å².